The highest BCUT2D eigenvalue weighted by molar-refractivity contribution is 6.23. The maximum Gasteiger partial charge on any atom is 0.262 e. The van der Waals surface area contributed by atoms with Gasteiger partial charge in [-0.2, -0.15) is 0 Å². The highest BCUT2D eigenvalue weighted by atomic mass is 16.2. The predicted molar refractivity (Wildman–Crippen MR) is 116 cm³/mol. The number of fused-ring (bicyclic) bond motifs is 1. The SMILES string of the molecule is CC(=O)c1ccccc1NC(=O)C(Cc1ccccc1)N1C(=O)c2ccccc2C1=O. The number of imide groups is 1. The molecule has 1 unspecified atom stereocenters. The number of amides is 3. The van der Waals surface area contributed by atoms with E-state index in [0.717, 1.165) is 10.5 Å². The number of benzene rings is 3. The van der Waals surface area contributed by atoms with Gasteiger partial charge in [0.1, 0.15) is 6.04 Å². The van der Waals surface area contributed by atoms with Gasteiger partial charge in [-0.25, -0.2) is 0 Å². The second kappa shape index (κ2) is 8.36. The summed E-state index contributed by atoms with van der Waals surface area (Å²) in [6.07, 6.45) is 0.153. The molecule has 3 aromatic rings. The molecule has 4 rings (SSSR count). The number of hydrogen-bond acceptors (Lipinski definition) is 4. The lowest BCUT2D eigenvalue weighted by Crippen LogP contribution is -2.48. The average molecular weight is 412 g/mol. The molecule has 154 valence electrons. The first-order chi connectivity index (χ1) is 15.0. The van der Waals surface area contributed by atoms with Gasteiger partial charge in [-0.15, -0.1) is 0 Å². The Labute approximate surface area is 179 Å². The van der Waals surface area contributed by atoms with Crippen molar-refractivity contribution in [3.63, 3.8) is 0 Å². The lowest BCUT2D eigenvalue weighted by molar-refractivity contribution is -0.119. The zero-order chi connectivity index (χ0) is 22.0. The molecule has 0 saturated heterocycles. The smallest absolute Gasteiger partial charge is 0.262 e. The van der Waals surface area contributed by atoms with Gasteiger partial charge in [-0.05, 0) is 36.8 Å². The Bertz CT molecular complexity index is 1150. The van der Waals surface area contributed by atoms with Crippen LogP contribution < -0.4 is 5.32 Å². The van der Waals surface area contributed by atoms with E-state index in [1.54, 1.807) is 48.5 Å². The Kier molecular flexibility index (Phi) is 5.45. The normalized spacial score (nSPS) is 13.6. The Hall–Kier alpha value is -4.06. The van der Waals surface area contributed by atoms with Crippen LogP contribution in [0.2, 0.25) is 0 Å². The largest absolute Gasteiger partial charge is 0.324 e. The van der Waals surface area contributed by atoms with Gasteiger partial charge in [0.25, 0.3) is 11.8 Å². The van der Waals surface area contributed by atoms with Crippen molar-refractivity contribution in [1.82, 2.24) is 4.90 Å². The highest BCUT2D eigenvalue weighted by Gasteiger charge is 2.42. The highest BCUT2D eigenvalue weighted by Crippen LogP contribution is 2.27. The summed E-state index contributed by atoms with van der Waals surface area (Å²) >= 11 is 0. The van der Waals surface area contributed by atoms with Crippen LogP contribution in [0.15, 0.2) is 78.9 Å². The molecule has 0 aliphatic carbocycles. The molecule has 1 atom stereocenters. The van der Waals surface area contributed by atoms with Gasteiger partial charge < -0.3 is 5.32 Å². The van der Waals surface area contributed by atoms with E-state index in [0.29, 0.717) is 11.3 Å². The minimum Gasteiger partial charge on any atom is -0.324 e. The third-order valence-electron chi connectivity index (χ3n) is 5.28. The van der Waals surface area contributed by atoms with Crippen LogP contribution in [0.3, 0.4) is 0 Å². The molecule has 3 amide bonds. The molecule has 0 spiro atoms. The van der Waals surface area contributed by atoms with E-state index in [9.17, 15) is 19.2 Å². The fourth-order valence-corrected chi connectivity index (χ4v) is 3.74. The number of hydrogen-bond donors (Lipinski definition) is 1. The Morgan fingerprint density at radius 1 is 0.806 bits per heavy atom. The van der Waals surface area contributed by atoms with Gasteiger partial charge in [-0.3, -0.25) is 24.1 Å². The molecule has 6 heteroatoms. The molecule has 0 radical (unpaired) electrons. The Balaban J connectivity index is 1.71. The van der Waals surface area contributed by atoms with Crippen LogP contribution in [-0.2, 0) is 11.2 Å². The minimum absolute atomic E-state index is 0.153. The number of carbonyl (C=O) groups excluding carboxylic acids is 4. The third kappa shape index (κ3) is 3.88. The molecule has 31 heavy (non-hydrogen) atoms. The standard InChI is InChI=1S/C25H20N2O4/c1-16(28)18-11-7-8-14-21(18)26-23(29)22(15-17-9-3-2-4-10-17)27-24(30)19-12-5-6-13-20(19)25(27)31/h2-14,22H,15H2,1H3,(H,26,29). The number of Topliss-reactive ketones (excluding diaryl/α,β-unsaturated/α-hetero) is 1. The maximum atomic E-state index is 13.4. The van der Waals surface area contributed by atoms with Crippen molar-refractivity contribution >= 4 is 29.2 Å². The van der Waals surface area contributed by atoms with Crippen LogP contribution in [0.1, 0.15) is 43.6 Å². The third-order valence-corrected chi connectivity index (χ3v) is 5.28. The first-order valence-corrected chi connectivity index (χ1v) is 9.89. The fraction of sp³-hybridized carbons (Fsp3) is 0.120. The van der Waals surface area contributed by atoms with Crippen molar-refractivity contribution in [3.05, 3.63) is 101 Å². The van der Waals surface area contributed by atoms with Crippen molar-refractivity contribution in [2.75, 3.05) is 5.32 Å². The van der Waals surface area contributed by atoms with Crippen molar-refractivity contribution < 1.29 is 19.2 Å². The van der Waals surface area contributed by atoms with Gasteiger partial charge in [-0.1, -0.05) is 54.6 Å². The number of nitrogens with zero attached hydrogens (tertiary/aromatic N) is 1. The number of ketones is 1. The first kappa shape index (κ1) is 20.2. The summed E-state index contributed by atoms with van der Waals surface area (Å²) in [7, 11) is 0. The van der Waals surface area contributed by atoms with Crippen LogP contribution in [0, 0.1) is 0 Å². The molecule has 1 aliphatic rings. The maximum absolute atomic E-state index is 13.4. The molecule has 3 aromatic carbocycles. The summed E-state index contributed by atoms with van der Waals surface area (Å²) in [5, 5.41) is 2.75. The van der Waals surface area contributed by atoms with Crippen LogP contribution in [0.4, 0.5) is 5.69 Å². The van der Waals surface area contributed by atoms with Crippen molar-refractivity contribution in [2.45, 2.75) is 19.4 Å². The number of para-hydroxylation sites is 1. The molecule has 0 saturated carbocycles. The first-order valence-electron chi connectivity index (χ1n) is 9.89. The Morgan fingerprint density at radius 3 is 1.97 bits per heavy atom. The van der Waals surface area contributed by atoms with E-state index in [-0.39, 0.29) is 23.3 Å². The monoisotopic (exact) mass is 412 g/mol. The molecule has 1 heterocycles. The molecule has 0 aromatic heterocycles. The van der Waals surface area contributed by atoms with Crippen molar-refractivity contribution in [1.29, 1.82) is 0 Å². The van der Waals surface area contributed by atoms with Crippen LogP contribution in [0.5, 0.6) is 0 Å². The van der Waals surface area contributed by atoms with Gasteiger partial charge in [0, 0.05) is 12.0 Å². The quantitative estimate of drug-likeness (QED) is 0.494. The molecule has 1 N–H and O–H groups in total. The summed E-state index contributed by atoms with van der Waals surface area (Å²) in [5.41, 5.74) is 2.07. The number of nitrogens with one attached hydrogen (secondary N) is 1. The van der Waals surface area contributed by atoms with Gasteiger partial charge in [0.15, 0.2) is 5.78 Å². The second-order valence-electron chi connectivity index (χ2n) is 7.32. The summed E-state index contributed by atoms with van der Waals surface area (Å²) in [4.78, 5) is 52.4. The minimum atomic E-state index is -1.07. The number of carbonyl (C=O) groups is 4. The predicted octanol–water partition coefficient (Wildman–Crippen LogP) is 3.74. The van der Waals surface area contributed by atoms with Crippen molar-refractivity contribution in [3.8, 4) is 0 Å². The molecule has 6 nitrogen and oxygen atoms in total. The lowest BCUT2D eigenvalue weighted by atomic mass is 10.0. The van der Waals surface area contributed by atoms with Gasteiger partial charge in [0.05, 0.1) is 16.8 Å². The lowest BCUT2D eigenvalue weighted by Gasteiger charge is -2.26. The average Bonchev–Trinajstić information content (AvgIpc) is 3.03. The number of anilines is 1. The second-order valence-corrected chi connectivity index (χ2v) is 7.32. The van der Waals surface area contributed by atoms with Crippen molar-refractivity contribution in [2.24, 2.45) is 0 Å². The topological polar surface area (TPSA) is 83.6 Å². The zero-order valence-corrected chi connectivity index (χ0v) is 16.9. The molecule has 1 aliphatic heterocycles. The van der Waals surface area contributed by atoms with Gasteiger partial charge in [0.2, 0.25) is 5.91 Å². The van der Waals surface area contributed by atoms with Crippen LogP contribution in [0.25, 0.3) is 0 Å². The van der Waals surface area contributed by atoms with Gasteiger partial charge >= 0.3 is 0 Å². The number of rotatable bonds is 6. The Morgan fingerprint density at radius 2 is 1.35 bits per heavy atom. The molecule has 0 fully saturated rings. The van der Waals surface area contributed by atoms with E-state index < -0.39 is 23.8 Å². The van der Waals surface area contributed by atoms with Crippen LogP contribution in [-0.4, -0.2) is 34.4 Å². The summed E-state index contributed by atoms with van der Waals surface area (Å²) in [5.74, 6) is -1.74. The van der Waals surface area contributed by atoms with Crippen LogP contribution >= 0.6 is 0 Å². The molecular formula is C25H20N2O4. The van der Waals surface area contributed by atoms with E-state index in [1.807, 2.05) is 30.3 Å². The molecule has 0 bridgehead atoms. The summed E-state index contributed by atoms with van der Waals surface area (Å²) in [6.45, 7) is 1.41. The fourth-order valence-electron chi connectivity index (χ4n) is 3.74. The summed E-state index contributed by atoms with van der Waals surface area (Å²) in [6, 6.07) is 21.3. The molecular weight excluding hydrogens is 392 g/mol. The zero-order valence-electron chi connectivity index (χ0n) is 16.9. The van der Waals surface area contributed by atoms with E-state index in [2.05, 4.69) is 5.32 Å². The van der Waals surface area contributed by atoms with E-state index in [1.165, 1.54) is 6.92 Å². The summed E-state index contributed by atoms with van der Waals surface area (Å²) < 4.78 is 0. The van der Waals surface area contributed by atoms with E-state index >= 15 is 0 Å². The van der Waals surface area contributed by atoms with E-state index in [4.69, 9.17) is 0 Å².